The van der Waals surface area contributed by atoms with Crippen LogP contribution < -0.4 is 4.74 Å². The SMILES string of the molecule is Cc1ccc(Cl)cc1Oc1sc(C(C)O)cc1[N+](=O)[O-]. The third kappa shape index (κ3) is 3.09. The number of aryl methyl sites for hydroxylation is 1. The van der Waals surface area contributed by atoms with E-state index in [0.29, 0.717) is 15.6 Å². The van der Waals surface area contributed by atoms with Crippen molar-refractivity contribution in [2.24, 2.45) is 0 Å². The molecule has 0 aliphatic heterocycles. The van der Waals surface area contributed by atoms with Gasteiger partial charge in [0.05, 0.1) is 11.0 Å². The zero-order valence-corrected chi connectivity index (χ0v) is 12.4. The van der Waals surface area contributed by atoms with Crippen LogP contribution in [0.4, 0.5) is 5.69 Å². The molecule has 0 aliphatic rings. The molecule has 0 saturated carbocycles. The van der Waals surface area contributed by atoms with Crippen LogP contribution in [0, 0.1) is 17.0 Å². The number of rotatable bonds is 4. The number of ether oxygens (including phenoxy) is 1. The highest BCUT2D eigenvalue weighted by Gasteiger charge is 2.23. The average Bonchev–Trinajstić information content (AvgIpc) is 2.78. The Hall–Kier alpha value is -1.63. The largest absolute Gasteiger partial charge is 0.440 e. The number of thiophene rings is 1. The molecule has 0 spiro atoms. The summed E-state index contributed by atoms with van der Waals surface area (Å²) in [5.74, 6) is 0.458. The fourth-order valence-electron chi connectivity index (χ4n) is 1.57. The molecule has 0 bridgehead atoms. The van der Waals surface area contributed by atoms with Gasteiger partial charge in [0.25, 0.3) is 5.06 Å². The van der Waals surface area contributed by atoms with E-state index in [2.05, 4.69) is 0 Å². The number of aliphatic hydroxyl groups excluding tert-OH is 1. The number of aliphatic hydroxyl groups is 1. The van der Waals surface area contributed by atoms with Crippen molar-refractivity contribution < 1.29 is 14.8 Å². The Bertz CT molecular complexity index is 654. The quantitative estimate of drug-likeness (QED) is 0.668. The van der Waals surface area contributed by atoms with Gasteiger partial charge >= 0.3 is 5.69 Å². The van der Waals surface area contributed by atoms with Gasteiger partial charge in [0.1, 0.15) is 5.75 Å². The number of benzene rings is 1. The molecule has 1 heterocycles. The van der Waals surface area contributed by atoms with Crippen LogP contribution in [-0.2, 0) is 0 Å². The first-order chi connectivity index (χ1) is 9.38. The van der Waals surface area contributed by atoms with E-state index < -0.39 is 11.0 Å². The third-order valence-corrected chi connectivity index (χ3v) is 4.07. The van der Waals surface area contributed by atoms with Gasteiger partial charge in [0.2, 0.25) is 0 Å². The number of hydrogen-bond donors (Lipinski definition) is 1. The summed E-state index contributed by atoms with van der Waals surface area (Å²) in [5, 5.41) is 21.2. The lowest BCUT2D eigenvalue weighted by molar-refractivity contribution is -0.385. The number of hydrogen-bond acceptors (Lipinski definition) is 5. The van der Waals surface area contributed by atoms with Gasteiger partial charge in [0, 0.05) is 16.0 Å². The molecule has 5 nitrogen and oxygen atoms in total. The summed E-state index contributed by atoms with van der Waals surface area (Å²) >= 11 is 6.94. The Morgan fingerprint density at radius 3 is 2.75 bits per heavy atom. The van der Waals surface area contributed by atoms with Crippen LogP contribution in [0.1, 0.15) is 23.5 Å². The highest BCUT2D eigenvalue weighted by atomic mass is 35.5. The summed E-state index contributed by atoms with van der Waals surface area (Å²) in [7, 11) is 0. The van der Waals surface area contributed by atoms with Crippen LogP contribution in [0.25, 0.3) is 0 Å². The fourth-order valence-corrected chi connectivity index (χ4v) is 2.66. The summed E-state index contributed by atoms with van der Waals surface area (Å²) < 4.78 is 5.59. The Kier molecular flexibility index (Phi) is 4.27. The van der Waals surface area contributed by atoms with Crippen molar-refractivity contribution in [3.63, 3.8) is 0 Å². The molecule has 0 amide bonds. The van der Waals surface area contributed by atoms with Crippen LogP contribution >= 0.6 is 22.9 Å². The van der Waals surface area contributed by atoms with E-state index >= 15 is 0 Å². The smallest absolute Gasteiger partial charge is 0.323 e. The first kappa shape index (κ1) is 14.8. The summed E-state index contributed by atoms with van der Waals surface area (Å²) in [6.07, 6.45) is -0.781. The molecule has 2 aromatic rings. The summed E-state index contributed by atoms with van der Waals surface area (Å²) in [6.45, 7) is 3.37. The van der Waals surface area contributed by atoms with Gasteiger partial charge in [-0.25, -0.2) is 0 Å². The van der Waals surface area contributed by atoms with Crippen LogP contribution in [0.3, 0.4) is 0 Å². The molecule has 1 unspecified atom stereocenters. The maximum atomic E-state index is 11.0. The van der Waals surface area contributed by atoms with Crippen molar-refractivity contribution in [2.75, 3.05) is 0 Å². The lowest BCUT2D eigenvalue weighted by atomic mass is 10.2. The zero-order chi connectivity index (χ0) is 14.9. The van der Waals surface area contributed by atoms with Crippen LogP contribution in [-0.4, -0.2) is 10.0 Å². The van der Waals surface area contributed by atoms with Gasteiger partial charge in [-0.15, -0.1) is 0 Å². The maximum absolute atomic E-state index is 11.0. The summed E-state index contributed by atoms with van der Waals surface area (Å²) in [4.78, 5) is 11.0. The highest BCUT2D eigenvalue weighted by molar-refractivity contribution is 7.14. The fraction of sp³-hybridized carbons (Fsp3) is 0.231. The Labute approximate surface area is 124 Å². The Balaban J connectivity index is 2.42. The second-order valence-electron chi connectivity index (χ2n) is 4.27. The van der Waals surface area contributed by atoms with Crippen LogP contribution in [0.15, 0.2) is 24.3 Å². The van der Waals surface area contributed by atoms with Gasteiger partial charge in [-0.1, -0.05) is 29.0 Å². The second kappa shape index (κ2) is 5.78. The monoisotopic (exact) mass is 313 g/mol. The predicted octanol–water partition coefficient (Wildman–Crippen LogP) is 4.46. The van der Waals surface area contributed by atoms with Gasteiger partial charge in [-0.05, 0) is 31.5 Å². The molecule has 0 aliphatic carbocycles. The van der Waals surface area contributed by atoms with Gasteiger partial charge in [-0.3, -0.25) is 10.1 Å². The third-order valence-electron chi connectivity index (χ3n) is 2.66. The highest BCUT2D eigenvalue weighted by Crippen LogP contribution is 2.42. The molecule has 0 radical (unpaired) electrons. The van der Waals surface area contributed by atoms with E-state index in [1.807, 2.05) is 6.92 Å². The van der Waals surface area contributed by atoms with Crippen molar-refractivity contribution in [2.45, 2.75) is 20.0 Å². The molecular formula is C13H12ClNO4S. The normalized spacial score (nSPS) is 12.2. The molecule has 106 valence electrons. The maximum Gasteiger partial charge on any atom is 0.323 e. The van der Waals surface area contributed by atoms with Crippen molar-refractivity contribution >= 4 is 28.6 Å². The summed E-state index contributed by atoms with van der Waals surface area (Å²) in [6, 6.07) is 6.41. The van der Waals surface area contributed by atoms with E-state index in [-0.39, 0.29) is 10.8 Å². The lowest BCUT2D eigenvalue weighted by Crippen LogP contribution is -1.91. The van der Waals surface area contributed by atoms with E-state index in [0.717, 1.165) is 16.9 Å². The molecule has 0 fully saturated rings. The number of nitro groups is 1. The van der Waals surface area contributed by atoms with Gasteiger partial charge < -0.3 is 9.84 Å². The van der Waals surface area contributed by atoms with E-state index in [9.17, 15) is 15.2 Å². The summed E-state index contributed by atoms with van der Waals surface area (Å²) in [5.41, 5.74) is 0.654. The number of nitrogens with zero attached hydrogens (tertiary/aromatic N) is 1. The lowest BCUT2D eigenvalue weighted by Gasteiger charge is -2.06. The predicted molar refractivity (Wildman–Crippen MR) is 77.9 cm³/mol. The van der Waals surface area contributed by atoms with Crippen molar-refractivity contribution in [3.8, 4) is 10.8 Å². The van der Waals surface area contributed by atoms with Crippen molar-refractivity contribution in [1.82, 2.24) is 0 Å². The molecule has 0 saturated heterocycles. The Morgan fingerprint density at radius 2 is 2.15 bits per heavy atom. The van der Waals surface area contributed by atoms with E-state index in [1.54, 1.807) is 25.1 Å². The van der Waals surface area contributed by atoms with E-state index in [1.165, 1.54) is 6.07 Å². The first-order valence-corrected chi connectivity index (χ1v) is 6.98. The molecule has 20 heavy (non-hydrogen) atoms. The molecule has 7 heteroatoms. The molecule has 1 N–H and O–H groups in total. The second-order valence-corrected chi connectivity index (χ2v) is 5.75. The van der Waals surface area contributed by atoms with Crippen LogP contribution in [0.5, 0.6) is 10.8 Å². The van der Waals surface area contributed by atoms with Crippen molar-refractivity contribution in [3.05, 3.63) is 49.8 Å². The van der Waals surface area contributed by atoms with E-state index in [4.69, 9.17) is 16.3 Å². The topological polar surface area (TPSA) is 72.6 Å². The van der Waals surface area contributed by atoms with Gasteiger partial charge in [0.15, 0.2) is 0 Å². The number of halogens is 1. The minimum absolute atomic E-state index is 0.135. The zero-order valence-electron chi connectivity index (χ0n) is 10.8. The Morgan fingerprint density at radius 1 is 1.45 bits per heavy atom. The molecule has 2 rings (SSSR count). The standard InChI is InChI=1S/C13H12ClNO4S/c1-7-3-4-9(14)5-11(7)19-13-10(15(17)18)6-12(20-13)8(2)16/h3-6,8,16H,1-2H3. The minimum atomic E-state index is -0.781. The first-order valence-electron chi connectivity index (χ1n) is 5.78. The average molecular weight is 314 g/mol. The molecule has 1 aromatic carbocycles. The minimum Gasteiger partial charge on any atom is -0.440 e. The molecule has 1 atom stereocenters. The molecular weight excluding hydrogens is 302 g/mol. The molecule has 1 aromatic heterocycles. The van der Waals surface area contributed by atoms with Crippen LogP contribution in [0.2, 0.25) is 5.02 Å². The van der Waals surface area contributed by atoms with Crippen molar-refractivity contribution in [1.29, 1.82) is 0 Å². The van der Waals surface area contributed by atoms with Gasteiger partial charge in [-0.2, -0.15) is 0 Å².